The molecule has 8 heteroatoms. The van der Waals surface area contributed by atoms with Crippen molar-refractivity contribution in [1.29, 1.82) is 0 Å². The van der Waals surface area contributed by atoms with Gasteiger partial charge < -0.3 is 4.52 Å². The van der Waals surface area contributed by atoms with E-state index in [4.69, 9.17) is 4.52 Å². The molecule has 5 nitrogen and oxygen atoms in total. The van der Waals surface area contributed by atoms with Crippen LogP contribution in [0.5, 0.6) is 0 Å². The van der Waals surface area contributed by atoms with Gasteiger partial charge in [0.15, 0.2) is 0 Å². The molecule has 1 heterocycles. The van der Waals surface area contributed by atoms with Gasteiger partial charge >= 0.3 is 6.18 Å². The summed E-state index contributed by atoms with van der Waals surface area (Å²) >= 11 is 0. The van der Waals surface area contributed by atoms with Gasteiger partial charge in [0, 0.05) is 12.6 Å². The maximum atomic E-state index is 12.5. The van der Waals surface area contributed by atoms with E-state index in [-0.39, 0.29) is 18.3 Å². The molecule has 0 bridgehead atoms. The summed E-state index contributed by atoms with van der Waals surface area (Å²) in [6, 6.07) is 6.45. The number of likely N-dealkylation sites (N-methyl/N-ethyl adjacent to an activating group) is 1. The van der Waals surface area contributed by atoms with Crippen LogP contribution in [0.1, 0.15) is 16.8 Å². The first kappa shape index (κ1) is 17.0. The molecule has 1 amide bonds. The van der Waals surface area contributed by atoms with E-state index < -0.39 is 11.7 Å². The lowest BCUT2D eigenvalue weighted by Gasteiger charge is -2.16. The van der Waals surface area contributed by atoms with Crippen molar-refractivity contribution in [3.8, 4) is 0 Å². The number of hydrogen-bond acceptors (Lipinski definition) is 4. The van der Waals surface area contributed by atoms with Crippen LogP contribution in [0.3, 0.4) is 0 Å². The standard InChI is InChI=1S/C15H16F3N3O2/c1-10-7-14(23-20-10)19-13(22)9-21(2)8-11-3-5-12(6-4-11)15(16,17)18/h3-7H,8-9H2,1-2H3,(H,19,22). The number of nitrogens with one attached hydrogen (secondary N) is 1. The van der Waals surface area contributed by atoms with Gasteiger partial charge in [0.05, 0.1) is 17.8 Å². The number of aromatic nitrogens is 1. The highest BCUT2D eigenvalue weighted by Gasteiger charge is 2.29. The van der Waals surface area contributed by atoms with Crippen molar-refractivity contribution in [3.63, 3.8) is 0 Å². The number of anilines is 1. The van der Waals surface area contributed by atoms with Gasteiger partial charge in [0.25, 0.3) is 0 Å². The summed E-state index contributed by atoms with van der Waals surface area (Å²) < 4.78 is 42.3. The molecule has 0 radical (unpaired) electrons. The van der Waals surface area contributed by atoms with Crippen LogP contribution in [-0.4, -0.2) is 29.6 Å². The molecular weight excluding hydrogens is 311 g/mol. The van der Waals surface area contributed by atoms with E-state index in [9.17, 15) is 18.0 Å². The SMILES string of the molecule is Cc1cc(NC(=O)CN(C)Cc2ccc(C(F)(F)F)cc2)on1. The molecule has 1 aromatic heterocycles. The monoisotopic (exact) mass is 327 g/mol. The summed E-state index contributed by atoms with van der Waals surface area (Å²) in [5.41, 5.74) is 0.643. The Bertz CT molecular complexity index is 665. The molecule has 0 aliphatic heterocycles. The van der Waals surface area contributed by atoms with Crippen molar-refractivity contribution >= 4 is 11.8 Å². The Labute approximate surface area is 131 Å². The van der Waals surface area contributed by atoms with Crippen LogP contribution in [0, 0.1) is 6.92 Å². The number of hydrogen-bond donors (Lipinski definition) is 1. The van der Waals surface area contributed by atoms with Crippen molar-refractivity contribution in [3.05, 3.63) is 47.2 Å². The highest BCUT2D eigenvalue weighted by molar-refractivity contribution is 5.90. The predicted molar refractivity (Wildman–Crippen MR) is 77.6 cm³/mol. The molecule has 0 saturated heterocycles. The maximum absolute atomic E-state index is 12.5. The lowest BCUT2D eigenvalue weighted by atomic mass is 10.1. The average Bonchev–Trinajstić information content (AvgIpc) is 2.83. The lowest BCUT2D eigenvalue weighted by Crippen LogP contribution is -2.29. The molecule has 1 N–H and O–H groups in total. The Morgan fingerprint density at radius 3 is 2.48 bits per heavy atom. The van der Waals surface area contributed by atoms with Crippen molar-refractivity contribution in [2.75, 3.05) is 18.9 Å². The van der Waals surface area contributed by atoms with Gasteiger partial charge in [-0.25, -0.2) is 0 Å². The molecule has 0 unspecified atom stereocenters. The van der Waals surface area contributed by atoms with Crippen molar-refractivity contribution in [2.24, 2.45) is 0 Å². The Morgan fingerprint density at radius 2 is 1.96 bits per heavy atom. The zero-order valence-electron chi connectivity index (χ0n) is 12.6. The summed E-state index contributed by atoms with van der Waals surface area (Å²) in [4.78, 5) is 13.5. The van der Waals surface area contributed by atoms with Crippen LogP contribution in [-0.2, 0) is 17.5 Å². The van der Waals surface area contributed by atoms with Crippen LogP contribution >= 0.6 is 0 Å². The fourth-order valence-corrected chi connectivity index (χ4v) is 2.01. The molecule has 0 saturated carbocycles. The number of aryl methyl sites for hydroxylation is 1. The second kappa shape index (κ2) is 6.82. The topological polar surface area (TPSA) is 58.4 Å². The largest absolute Gasteiger partial charge is 0.416 e. The molecule has 0 spiro atoms. The van der Waals surface area contributed by atoms with Crippen LogP contribution in [0.25, 0.3) is 0 Å². The van der Waals surface area contributed by atoms with Crippen molar-refractivity contribution in [1.82, 2.24) is 10.1 Å². The average molecular weight is 327 g/mol. The predicted octanol–water partition coefficient (Wildman–Crippen LogP) is 3.07. The van der Waals surface area contributed by atoms with Crippen molar-refractivity contribution in [2.45, 2.75) is 19.6 Å². The molecule has 124 valence electrons. The van der Waals surface area contributed by atoms with Crippen molar-refractivity contribution < 1.29 is 22.5 Å². The molecule has 0 fully saturated rings. The van der Waals surface area contributed by atoms with Gasteiger partial charge in [-0.15, -0.1) is 0 Å². The number of carbonyl (C=O) groups is 1. The first-order chi connectivity index (χ1) is 10.7. The molecule has 0 aliphatic carbocycles. The van der Waals surface area contributed by atoms with Gasteiger partial charge in [-0.1, -0.05) is 17.3 Å². The molecule has 2 rings (SSSR count). The Morgan fingerprint density at radius 1 is 1.30 bits per heavy atom. The van der Waals surface area contributed by atoms with E-state index in [1.807, 2.05) is 0 Å². The van der Waals surface area contributed by atoms with Gasteiger partial charge in [-0.2, -0.15) is 13.2 Å². The minimum atomic E-state index is -4.35. The second-order valence-electron chi connectivity index (χ2n) is 5.25. The number of nitrogens with zero attached hydrogens (tertiary/aromatic N) is 2. The first-order valence-electron chi connectivity index (χ1n) is 6.82. The fourth-order valence-electron chi connectivity index (χ4n) is 2.01. The number of benzene rings is 1. The molecule has 2 aromatic rings. The zero-order valence-corrected chi connectivity index (χ0v) is 12.6. The van der Waals surface area contributed by atoms with Gasteiger partial charge in [-0.3, -0.25) is 15.0 Å². The fraction of sp³-hybridized carbons (Fsp3) is 0.333. The summed E-state index contributed by atoms with van der Waals surface area (Å²) in [6.45, 7) is 2.15. The highest BCUT2D eigenvalue weighted by Crippen LogP contribution is 2.29. The molecule has 0 atom stereocenters. The number of carbonyl (C=O) groups excluding carboxylic acids is 1. The summed E-state index contributed by atoms with van der Waals surface area (Å²) in [7, 11) is 1.70. The Kier molecular flexibility index (Phi) is 5.05. The minimum absolute atomic E-state index is 0.0702. The van der Waals surface area contributed by atoms with E-state index in [2.05, 4.69) is 10.5 Å². The number of amides is 1. The summed E-state index contributed by atoms with van der Waals surface area (Å²) in [5.74, 6) is -0.0361. The van der Waals surface area contributed by atoms with Gasteiger partial charge in [0.1, 0.15) is 0 Å². The van der Waals surface area contributed by atoms with Crippen LogP contribution in [0.2, 0.25) is 0 Å². The second-order valence-corrected chi connectivity index (χ2v) is 5.25. The van der Waals surface area contributed by atoms with E-state index in [0.29, 0.717) is 17.8 Å². The van der Waals surface area contributed by atoms with E-state index >= 15 is 0 Å². The van der Waals surface area contributed by atoms with E-state index in [0.717, 1.165) is 12.1 Å². The van der Waals surface area contributed by atoms with Gasteiger partial charge in [-0.05, 0) is 31.7 Å². The first-order valence-corrected chi connectivity index (χ1v) is 6.82. The zero-order chi connectivity index (χ0) is 17.0. The van der Waals surface area contributed by atoms with Crippen LogP contribution in [0.4, 0.5) is 19.1 Å². The highest BCUT2D eigenvalue weighted by atomic mass is 19.4. The molecule has 1 aromatic carbocycles. The number of rotatable bonds is 5. The normalized spacial score (nSPS) is 11.7. The van der Waals surface area contributed by atoms with Crippen LogP contribution < -0.4 is 5.32 Å². The Balaban J connectivity index is 1.86. The number of alkyl halides is 3. The van der Waals surface area contributed by atoms with Crippen LogP contribution in [0.15, 0.2) is 34.9 Å². The number of halogens is 3. The molecular formula is C15H16F3N3O2. The Hall–Kier alpha value is -2.35. The van der Waals surface area contributed by atoms with Gasteiger partial charge in [0.2, 0.25) is 11.8 Å². The van der Waals surface area contributed by atoms with E-state index in [1.54, 1.807) is 24.9 Å². The van der Waals surface area contributed by atoms with E-state index in [1.165, 1.54) is 12.1 Å². The summed E-state index contributed by atoms with van der Waals surface area (Å²) in [6.07, 6.45) is -4.35. The summed E-state index contributed by atoms with van der Waals surface area (Å²) in [5, 5.41) is 6.20. The third kappa shape index (κ3) is 5.10. The smallest absolute Gasteiger partial charge is 0.338 e. The molecule has 23 heavy (non-hydrogen) atoms. The minimum Gasteiger partial charge on any atom is -0.338 e. The lowest BCUT2D eigenvalue weighted by molar-refractivity contribution is -0.137. The third-order valence-electron chi connectivity index (χ3n) is 3.04. The third-order valence-corrected chi connectivity index (χ3v) is 3.04. The maximum Gasteiger partial charge on any atom is 0.416 e. The quantitative estimate of drug-likeness (QED) is 0.917. The molecule has 0 aliphatic rings.